The number of carbonyl (C=O) groups excluding carboxylic acids is 1. The average Bonchev–Trinajstić information content (AvgIpc) is 2.44. The summed E-state index contributed by atoms with van der Waals surface area (Å²) < 4.78 is 5.39. The molecule has 0 spiro atoms. The van der Waals surface area contributed by atoms with Crippen molar-refractivity contribution in [3.8, 4) is 0 Å². The molecular formula is C21H33NO2S. The fourth-order valence-electron chi connectivity index (χ4n) is 3.54. The summed E-state index contributed by atoms with van der Waals surface area (Å²) in [7, 11) is 0. The van der Waals surface area contributed by atoms with E-state index in [0.717, 1.165) is 18.6 Å². The largest absolute Gasteiger partial charge is 0.444 e. The van der Waals surface area contributed by atoms with Gasteiger partial charge >= 0.3 is 6.09 Å². The second-order valence-electron chi connectivity index (χ2n) is 8.32. The zero-order valence-electron chi connectivity index (χ0n) is 16.6. The Morgan fingerprint density at radius 1 is 1.20 bits per heavy atom. The quantitative estimate of drug-likeness (QED) is 0.748. The molecule has 0 bridgehead atoms. The van der Waals surface area contributed by atoms with Crippen LogP contribution in [0, 0.1) is 20.8 Å². The second kappa shape index (κ2) is 8.48. The van der Waals surface area contributed by atoms with Crippen LogP contribution in [0.1, 0.15) is 68.7 Å². The third-order valence-electron chi connectivity index (χ3n) is 4.65. The van der Waals surface area contributed by atoms with E-state index in [-0.39, 0.29) is 12.1 Å². The second-order valence-corrected chi connectivity index (χ2v) is 9.61. The Morgan fingerprint density at radius 2 is 1.84 bits per heavy atom. The van der Waals surface area contributed by atoms with Crippen molar-refractivity contribution < 1.29 is 9.53 Å². The van der Waals surface area contributed by atoms with E-state index in [0.29, 0.717) is 5.25 Å². The number of thioether (sulfide) groups is 1. The Kier molecular flexibility index (Phi) is 6.84. The predicted octanol–water partition coefficient (Wildman–Crippen LogP) is 5.68. The Balaban J connectivity index is 1.86. The summed E-state index contributed by atoms with van der Waals surface area (Å²) >= 11 is 2.04. The van der Waals surface area contributed by atoms with Crippen LogP contribution in [-0.2, 0) is 10.5 Å². The van der Waals surface area contributed by atoms with E-state index in [9.17, 15) is 4.79 Å². The number of carbonyl (C=O) groups is 1. The highest BCUT2D eigenvalue weighted by molar-refractivity contribution is 7.99. The maximum absolute atomic E-state index is 12.0. The topological polar surface area (TPSA) is 38.3 Å². The normalized spacial score (nSPS) is 21.0. The van der Waals surface area contributed by atoms with Crippen LogP contribution in [0.15, 0.2) is 12.1 Å². The minimum atomic E-state index is -0.437. The maximum Gasteiger partial charge on any atom is 0.407 e. The van der Waals surface area contributed by atoms with Gasteiger partial charge in [0.25, 0.3) is 0 Å². The first-order chi connectivity index (χ1) is 11.6. The van der Waals surface area contributed by atoms with Crippen LogP contribution in [0.2, 0.25) is 0 Å². The lowest BCUT2D eigenvalue weighted by Crippen LogP contribution is -2.42. The summed E-state index contributed by atoms with van der Waals surface area (Å²) in [5.74, 6) is 1.06. The number of amides is 1. The number of alkyl carbamates (subject to hydrolysis) is 1. The van der Waals surface area contributed by atoms with E-state index in [4.69, 9.17) is 4.74 Å². The lowest BCUT2D eigenvalue weighted by atomic mass is 9.95. The minimum absolute atomic E-state index is 0.237. The lowest BCUT2D eigenvalue weighted by molar-refractivity contribution is 0.0494. The molecule has 140 valence electrons. The standard InChI is InChI=1S/C21H33NO2S/c1-14-10-15(2)19(16(3)11-14)13-25-18-9-7-8-17(12-18)22-20(23)24-21(4,5)6/h10-11,17-18H,7-9,12-13H2,1-6H3,(H,22,23)/t17-,18+/m0/s1. The number of hydrogen-bond acceptors (Lipinski definition) is 3. The molecule has 1 aliphatic rings. The molecular weight excluding hydrogens is 330 g/mol. The summed E-state index contributed by atoms with van der Waals surface area (Å²) in [5, 5.41) is 3.66. The van der Waals surface area contributed by atoms with E-state index in [2.05, 4.69) is 38.2 Å². The lowest BCUT2D eigenvalue weighted by Gasteiger charge is -2.30. The molecule has 0 heterocycles. The fraction of sp³-hybridized carbons (Fsp3) is 0.667. The van der Waals surface area contributed by atoms with E-state index >= 15 is 0 Å². The SMILES string of the molecule is Cc1cc(C)c(CS[C@@H]2CCC[C@H](NC(=O)OC(C)(C)C)C2)c(C)c1. The first-order valence-electron chi connectivity index (χ1n) is 9.32. The number of aryl methyl sites for hydroxylation is 3. The molecule has 1 fully saturated rings. The number of nitrogens with one attached hydrogen (secondary N) is 1. The van der Waals surface area contributed by atoms with E-state index < -0.39 is 5.60 Å². The van der Waals surface area contributed by atoms with Gasteiger partial charge in [-0.15, -0.1) is 0 Å². The third-order valence-corrected chi connectivity index (χ3v) is 6.01. The van der Waals surface area contributed by atoms with Gasteiger partial charge in [-0.1, -0.05) is 24.1 Å². The maximum atomic E-state index is 12.0. The van der Waals surface area contributed by atoms with Crippen LogP contribution >= 0.6 is 11.8 Å². The van der Waals surface area contributed by atoms with Crippen molar-refractivity contribution in [2.24, 2.45) is 0 Å². The monoisotopic (exact) mass is 363 g/mol. The van der Waals surface area contributed by atoms with E-state index in [1.54, 1.807) is 0 Å². The van der Waals surface area contributed by atoms with Crippen molar-refractivity contribution in [1.82, 2.24) is 5.32 Å². The van der Waals surface area contributed by atoms with Gasteiger partial charge in [0.05, 0.1) is 0 Å². The molecule has 1 amide bonds. The molecule has 0 aliphatic heterocycles. The zero-order chi connectivity index (χ0) is 18.6. The van der Waals surface area contributed by atoms with Gasteiger partial charge in [-0.25, -0.2) is 4.79 Å². The van der Waals surface area contributed by atoms with Crippen molar-refractivity contribution in [3.05, 3.63) is 34.4 Å². The third kappa shape index (κ3) is 6.58. The van der Waals surface area contributed by atoms with Crippen LogP contribution in [0.3, 0.4) is 0 Å². The Hall–Kier alpha value is -1.16. The molecule has 1 saturated carbocycles. The number of benzene rings is 1. The summed E-state index contributed by atoms with van der Waals surface area (Å²) in [5.41, 5.74) is 5.15. The first-order valence-corrected chi connectivity index (χ1v) is 10.4. The average molecular weight is 364 g/mol. The number of hydrogen-bond donors (Lipinski definition) is 1. The van der Waals surface area contributed by atoms with Gasteiger partial charge < -0.3 is 10.1 Å². The van der Waals surface area contributed by atoms with Crippen molar-refractivity contribution in [2.45, 2.75) is 89.9 Å². The molecule has 0 unspecified atom stereocenters. The van der Waals surface area contributed by atoms with Gasteiger partial charge in [0.1, 0.15) is 5.60 Å². The molecule has 0 radical (unpaired) electrons. The summed E-state index contributed by atoms with van der Waals surface area (Å²) in [6.07, 6.45) is 4.21. The van der Waals surface area contributed by atoms with Crippen LogP contribution in [0.5, 0.6) is 0 Å². The Bertz CT molecular complexity index is 583. The highest BCUT2D eigenvalue weighted by Crippen LogP contribution is 2.32. The summed E-state index contributed by atoms with van der Waals surface area (Å²) in [6, 6.07) is 4.79. The van der Waals surface area contributed by atoms with Crippen LogP contribution in [-0.4, -0.2) is 23.0 Å². The molecule has 2 atom stereocenters. The predicted molar refractivity (Wildman–Crippen MR) is 107 cm³/mol. The highest BCUT2D eigenvalue weighted by atomic mass is 32.2. The number of ether oxygens (including phenoxy) is 1. The summed E-state index contributed by atoms with van der Waals surface area (Å²) in [6.45, 7) is 12.3. The van der Waals surface area contributed by atoms with Gasteiger partial charge in [-0.05, 0) is 77.5 Å². The van der Waals surface area contributed by atoms with Gasteiger partial charge in [0.15, 0.2) is 0 Å². The fourth-order valence-corrected chi connectivity index (χ4v) is 5.10. The molecule has 3 nitrogen and oxygen atoms in total. The molecule has 2 rings (SSSR count). The van der Waals surface area contributed by atoms with Gasteiger partial charge in [0, 0.05) is 17.0 Å². The van der Waals surface area contributed by atoms with Crippen molar-refractivity contribution in [3.63, 3.8) is 0 Å². The van der Waals surface area contributed by atoms with Crippen LogP contribution < -0.4 is 5.32 Å². The van der Waals surface area contributed by atoms with Gasteiger partial charge in [-0.3, -0.25) is 0 Å². The van der Waals surface area contributed by atoms with Crippen molar-refractivity contribution in [2.75, 3.05) is 0 Å². The molecule has 4 heteroatoms. The van der Waals surface area contributed by atoms with Crippen LogP contribution in [0.4, 0.5) is 4.79 Å². The van der Waals surface area contributed by atoms with Crippen molar-refractivity contribution >= 4 is 17.9 Å². The smallest absolute Gasteiger partial charge is 0.407 e. The molecule has 1 aromatic carbocycles. The highest BCUT2D eigenvalue weighted by Gasteiger charge is 2.26. The van der Waals surface area contributed by atoms with Gasteiger partial charge in [-0.2, -0.15) is 11.8 Å². The Labute approximate surface area is 157 Å². The zero-order valence-corrected chi connectivity index (χ0v) is 17.4. The van der Waals surface area contributed by atoms with Crippen LogP contribution in [0.25, 0.3) is 0 Å². The first kappa shape index (κ1) is 20.2. The van der Waals surface area contributed by atoms with Crippen molar-refractivity contribution in [1.29, 1.82) is 0 Å². The molecule has 0 aromatic heterocycles. The molecule has 25 heavy (non-hydrogen) atoms. The molecule has 1 aromatic rings. The molecule has 1 aliphatic carbocycles. The van der Waals surface area contributed by atoms with E-state index in [1.807, 2.05) is 32.5 Å². The number of rotatable bonds is 4. The Morgan fingerprint density at radius 3 is 2.44 bits per heavy atom. The molecule has 1 N–H and O–H groups in total. The summed E-state index contributed by atoms with van der Waals surface area (Å²) in [4.78, 5) is 12.0. The molecule has 0 saturated heterocycles. The minimum Gasteiger partial charge on any atom is -0.444 e. The van der Waals surface area contributed by atoms with E-state index in [1.165, 1.54) is 35.1 Å². The van der Waals surface area contributed by atoms with Gasteiger partial charge in [0.2, 0.25) is 0 Å².